The van der Waals surface area contributed by atoms with E-state index in [0.717, 1.165) is 11.1 Å². The summed E-state index contributed by atoms with van der Waals surface area (Å²) in [5.41, 5.74) is 3.71. The van der Waals surface area contributed by atoms with E-state index in [0.29, 0.717) is 40.4 Å². The van der Waals surface area contributed by atoms with Crippen LogP contribution < -0.4 is 5.32 Å². The van der Waals surface area contributed by atoms with Crippen molar-refractivity contribution < 1.29 is 18.7 Å². The summed E-state index contributed by atoms with van der Waals surface area (Å²) in [5.74, 6) is 0.330. The van der Waals surface area contributed by atoms with E-state index in [1.54, 1.807) is 41.2 Å². The lowest BCUT2D eigenvalue weighted by Crippen LogP contribution is -2.23. The molecule has 1 N–H and O–H groups in total. The van der Waals surface area contributed by atoms with E-state index in [1.807, 2.05) is 24.3 Å². The number of hydrogen-bond acceptors (Lipinski definition) is 7. The third-order valence-electron chi connectivity index (χ3n) is 4.97. The Labute approximate surface area is 181 Å². The number of esters is 1. The van der Waals surface area contributed by atoms with Gasteiger partial charge in [0.25, 0.3) is 5.91 Å². The van der Waals surface area contributed by atoms with Crippen LogP contribution in [0.1, 0.15) is 26.3 Å². The first kappa shape index (κ1) is 19.4. The minimum atomic E-state index is -0.427. The number of oxazole rings is 1. The van der Waals surface area contributed by atoms with E-state index in [9.17, 15) is 9.59 Å². The Balaban J connectivity index is 1.28. The van der Waals surface area contributed by atoms with E-state index >= 15 is 0 Å². The van der Waals surface area contributed by atoms with E-state index in [4.69, 9.17) is 9.15 Å². The molecular formula is C23H17N5O4. The zero-order valence-electron chi connectivity index (χ0n) is 17.0. The molecule has 0 aliphatic carbocycles. The van der Waals surface area contributed by atoms with Crippen LogP contribution in [0.25, 0.3) is 28.3 Å². The van der Waals surface area contributed by atoms with Crippen LogP contribution in [0.15, 0.2) is 71.7 Å². The van der Waals surface area contributed by atoms with Crippen LogP contribution in [0.3, 0.4) is 0 Å². The van der Waals surface area contributed by atoms with Gasteiger partial charge in [0.05, 0.1) is 18.2 Å². The van der Waals surface area contributed by atoms with Crippen LogP contribution in [-0.4, -0.2) is 38.3 Å². The average molecular weight is 427 g/mol. The summed E-state index contributed by atoms with van der Waals surface area (Å²) in [5, 5.41) is 2.88. The van der Waals surface area contributed by atoms with E-state index in [1.165, 1.54) is 13.3 Å². The quantitative estimate of drug-likeness (QED) is 0.429. The second kappa shape index (κ2) is 7.95. The number of imidazole rings is 1. The molecule has 0 unspecified atom stereocenters. The Morgan fingerprint density at radius 2 is 1.94 bits per heavy atom. The van der Waals surface area contributed by atoms with Crippen LogP contribution in [0.5, 0.6) is 0 Å². The van der Waals surface area contributed by atoms with Gasteiger partial charge in [0, 0.05) is 36.9 Å². The van der Waals surface area contributed by atoms with Gasteiger partial charge in [0.2, 0.25) is 11.7 Å². The Hall–Kier alpha value is -4.53. The molecule has 9 heteroatoms. The van der Waals surface area contributed by atoms with Gasteiger partial charge in [0.15, 0.2) is 5.58 Å². The van der Waals surface area contributed by atoms with Gasteiger partial charge in [0.1, 0.15) is 5.52 Å². The maximum atomic E-state index is 12.4. The number of aromatic nitrogens is 4. The largest absolute Gasteiger partial charge is 0.465 e. The van der Waals surface area contributed by atoms with Crippen molar-refractivity contribution in [2.75, 3.05) is 7.11 Å². The van der Waals surface area contributed by atoms with Crippen molar-refractivity contribution in [3.63, 3.8) is 0 Å². The van der Waals surface area contributed by atoms with Gasteiger partial charge in [-0.2, -0.15) is 0 Å². The fourth-order valence-corrected chi connectivity index (χ4v) is 3.28. The molecule has 0 spiro atoms. The lowest BCUT2D eigenvalue weighted by Gasteiger charge is -2.06. The van der Waals surface area contributed by atoms with Crippen molar-refractivity contribution >= 4 is 28.8 Å². The number of ether oxygens (including phenoxy) is 1. The summed E-state index contributed by atoms with van der Waals surface area (Å²) < 4.78 is 12.2. The predicted octanol–water partition coefficient (Wildman–Crippen LogP) is 3.25. The molecule has 0 aliphatic heterocycles. The normalized spacial score (nSPS) is 11.0. The van der Waals surface area contributed by atoms with E-state index < -0.39 is 5.97 Å². The van der Waals surface area contributed by atoms with Crippen LogP contribution in [-0.2, 0) is 11.3 Å². The molecule has 9 nitrogen and oxygen atoms in total. The molecule has 3 heterocycles. The number of carbonyl (C=O) groups is 2. The number of nitrogens with one attached hydrogen (secondary N) is 1. The maximum Gasteiger partial charge on any atom is 0.337 e. The molecule has 5 rings (SSSR count). The van der Waals surface area contributed by atoms with Crippen LogP contribution >= 0.6 is 0 Å². The molecule has 5 aromatic rings. The Kier molecular flexibility index (Phi) is 4.83. The molecule has 158 valence electrons. The fourth-order valence-electron chi connectivity index (χ4n) is 3.28. The van der Waals surface area contributed by atoms with Crippen molar-refractivity contribution in [1.29, 1.82) is 0 Å². The number of hydrogen-bond donors (Lipinski definition) is 1. The Morgan fingerprint density at radius 1 is 1.09 bits per heavy atom. The Morgan fingerprint density at radius 3 is 2.75 bits per heavy atom. The molecule has 0 radical (unpaired) electrons. The smallest absolute Gasteiger partial charge is 0.337 e. The number of nitrogens with zero attached hydrogens (tertiary/aromatic N) is 4. The topological polar surface area (TPSA) is 112 Å². The first-order valence-corrected chi connectivity index (χ1v) is 9.76. The van der Waals surface area contributed by atoms with E-state index in [2.05, 4.69) is 20.3 Å². The molecule has 0 atom stereocenters. The number of fused-ring (bicyclic) bond motifs is 2. The van der Waals surface area contributed by atoms with Crippen LogP contribution in [0, 0.1) is 0 Å². The lowest BCUT2D eigenvalue weighted by molar-refractivity contribution is 0.0600. The van der Waals surface area contributed by atoms with Crippen molar-refractivity contribution in [2.45, 2.75) is 6.54 Å². The van der Waals surface area contributed by atoms with Gasteiger partial charge >= 0.3 is 5.97 Å². The standard InChI is InChI=1S/C23H17N5O4/c1-31-22(30)16-6-7-19-18(10-16)27-21(32-19)15-4-2-14(3-5-15)11-25-20(29)17-12-26-23-24-8-9-28(23)13-17/h2-10,12-13H,11H2,1H3,(H,25,29). The highest BCUT2D eigenvalue weighted by Crippen LogP contribution is 2.25. The highest BCUT2D eigenvalue weighted by Gasteiger charge is 2.13. The number of benzene rings is 2. The first-order chi connectivity index (χ1) is 15.6. The molecular weight excluding hydrogens is 410 g/mol. The molecule has 0 bridgehead atoms. The second-order valence-electron chi connectivity index (χ2n) is 7.05. The number of rotatable bonds is 5. The van der Waals surface area contributed by atoms with Crippen molar-refractivity contribution in [3.8, 4) is 11.5 Å². The summed E-state index contributed by atoms with van der Waals surface area (Å²) in [4.78, 5) is 36.8. The number of methoxy groups -OCH3 is 1. The van der Waals surface area contributed by atoms with E-state index in [-0.39, 0.29) is 5.91 Å². The Bertz CT molecular complexity index is 1450. The molecule has 1 amide bonds. The number of carbonyl (C=O) groups excluding carboxylic acids is 2. The van der Waals surface area contributed by atoms with Gasteiger partial charge in [-0.1, -0.05) is 12.1 Å². The van der Waals surface area contributed by atoms with Gasteiger partial charge in [-0.05, 0) is 35.9 Å². The number of amides is 1. The average Bonchev–Trinajstić information content (AvgIpc) is 3.48. The van der Waals surface area contributed by atoms with Gasteiger partial charge in [-0.25, -0.2) is 19.7 Å². The maximum absolute atomic E-state index is 12.4. The predicted molar refractivity (Wildman–Crippen MR) is 115 cm³/mol. The first-order valence-electron chi connectivity index (χ1n) is 9.76. The van der Waals surface area contributed by atoms with Gasteiger partial charge in [-0.15, -0.1) is 0 Å². The fraction of sp³-hybridized carbons (Fsp3) is 0.0870. The molecule has 3 aromatic heterocycles. The van der Waals surface area contributed by atoms with Crippen molar-refractivity contribution in [2.24, 2.45) is 0 Å². The lowest BCUT2D eigenvalue weighted by atomic mass is 10.1. The SMILES string of the molecule is COC(=O)c1ccc2oc(-c3ccc(CNC(=O)c4cnc5nccn5c4)cc3)nc2c1. The zero-order valence-corrected chi connectivity index (χ0v) is 17.0. The van der Waals surface area contributed by atoms with Gasteiger partial charge in [-0.3, -0.25) is 9.20 Å². The summed E-state index contributed by atoms with van der Waals surface area (Å²) in [6.07, 6.45) is 6.55. The third-order valence-corrected chi connectivity index (χ3v) is 4.97. The summed E-state index contributed by atoms with van der Waals surface area (Å²) in [7, 11) is 1.33. The third kappa shape index (κ3) is 3.67. The minimum Gasteiger partial charge on any atom is -0.465 e. The van der Waals surface area contributed by atoms with Crippen LogP contribution in [0.2, 0.25) is 0 Å². The molecule has 0 aliphatic rings. The summed E-state index contributed by atoms with van der Waals surface area (Å²) in [6, 6.07) is 12.5. The molecule has 0 fully saturated rings. The molecule has 0 saturated carbocycles. The minimum absolute atomic E-state index is 0.225. The second-order valence-corrected chi connectivity index (χ2v) is 7.05. The molecule has 0 saturated heterocycles. The van der Waals surface area contributed by atoms with Crippen LogP contribution in [0.4, 0.5) is 0 Å². The molecule has 32 heavy (non-hydrogen) atoms. The zero-order chi connectivity index (χ0) is 22.1. The van der Waals surface area contributed by atoms with Gasteiger partial charge < -0.3 is 14.5 Å². The van der Waals surface area contributed by atoms with Crippen molar-refractivity contribution in [3.05, 3.63) is 83.9 Å². The van der Waals surface area contributed by atoms with Crippen molar-refractivity contribution in [1.82, 2.24) is 24.7 Å². The monoisotopic (exact) mass is 427 g/mol. The summed E-state index contributed by atoms with van der Waals surface area (Å²) in [6.45, 7) is 0.358. The molecule has 2 aromatic carbocycles. The highest BCUT2D eigenvalue weighted by molar-refractivity contribution is 5.94. The summed E-state index contributed by atoms with van der Waals surface area (Å²) >= 11 is 0. The highest BCUT2D eigenvalue weighted by atomic mass is 16.5.